The Hall–Kier alpha value is -2.56. The Labute approximate surface area is 149 Å². The summed E-state index contributed by atoms with van der Waals surface area (Å²) in [6.07, 6.45) is 6.73. The fourth-order valence-electron chi connectivity index (χ4n) is 2.93. The number of pyridine rings is 1. The van der Waals surface area contributed by atoms with Crippen LogP contribution >= 0.6 is 0 Å². The van der Waals surface area contributed by atoms with Gasteiger partial charge in [-0.1, -0.05) is 43.2 Å². The van der Waals surface area contributed by atoms with Crippen LogP contribution in [-0.4, -0.2) is 28.9 Å². The van der Waals surface area contributed by atoms with Crippen molar-refractivity contribution >= 4 is 5.96 Å². The molecule has 2 heterocycles. The highest BCUT2D eigenvalue weighted by Gasteiger charge is 2.10. The SMILES string of the molecule is NC(=NCc1ccnc(OCc2ccccc2)c1)N1CCCCCC1. The largest absolute Gasteiger partial charge is 0.473 e. The number of hydrogen-bond acceptors (Lipinski definition) is 3. The van der Waals surface area contributed by atoms with Crippen LogP contribution in [0.4, 0.5) is 0 Å². The number of benzene rings is 1. The monoisotopic (exact) mass is 338 g/mol. The molecule has 0 unspecified atom stereocenters. The number of guanidine groups is 1. The highest BCUT2D eigenvalue weighted by molar-refractivity contribution is 5.78. The van der Waals surface area contributed by atoms with E-state index in [1.165, 1.54) is 25.7 Å². The van der Waals surface area contributed by atoms with Gasteiger partial charge in [-0.2, -0.15) is 0 Å². The second-order valence-electron chi connectivity index (χ2n) is 6.35. The Morgan fingerprint density at radius 1 is 1.04 bits per heavy atom. The maximum atomic E-state index is 6.17. The van der Waals surface area contributed by atoms with Crippen molar-refractivity contribution in [3.63, 3.8) is 0 Å². The Kier molecular flexibility index (Phi) is 6.26. The molecule has 132 valence electrons. The first-order chi connectivity index (χ1) is 12.3. The van der Waals surface area contributed by atoms with Crippen molar-refractivity contribution in [3.8, 4) is 5.88 Å². The molecule has 5 heteroatoms. The number of nitrogens with zero attached hydrogens (tertiary/aromatic N) is 3. The van der Waals surface area contributed by atoms with Crippen LogP contribution in [0.5, 0.6) is 5.88 Å². The second kappa shape index (κ2) is 9.06. The minimum Gasteiger partial charge on any atom is -0.473 e. The Morgan fingerprint density at radius 3 is 2.56 bits per heavy atom. The molecule has 1 aliphatic heterocycles. The maximum Gasteiger partial charge on any atom is 0.213 e. The summed E-state index contributed by atoms with van der Waals surface area (Å²) in [6, 6.07) is 14.0. The van der Waals surface area contributed by atoms with Crippen LogP contribution in [-0.2, 0) is 13.2 Å². The molecule has 3 rings (SSSR count). The molecule has 2 N–H and O–H groups in total. The van der Waals surface area contributed by atoms with Crippen LogP contribution in [0.15, 0.2) is 53.7 Å². The van der Waals surface area contributed by atoms with E-state index in [9.17, 15) is 0 Å². The quantitative estimate of drug-likeness (QED) is 0.671. The zero-order valence-corrected chi connectivity index (χ0v) is 14.6. The molecule has 0 bridgehead atoms. The molecule has 0 atom stereocenters. The lowest BCUT2D eigenvalue weighted by molar-refractivity contribution is 0.293. The molecular formula is C20H26N4O. The van der Waals surface area contributed by atoms with Crippen LogP contribution in [0.3, 0.4) is 0 Å². The van der Waals surface area contributed by atoms with Gasteiger partial charge in [0.1, 0.15) is 6.61 Å². The number of aromatic nitrogens is 1. The van der Waals surface area contributed by atoms with E-state index in [4.69, 9.17) is 10.5 Å². The molecule has 0 radical (unpaired) electrons. The third-order valence-electron chi connectivity index (χ3n) is 4.38. The van der Waals surface area contributed by atoms with Crippen LogP contribution < -0.4 is 10.5 Å². The minimum atomic E-state index is 0.510. The summed E-state index contributed by atoms with van der Waals surface area (Å²) in [4.78, 5) is 11.0. The van der Waals surface area contributed by atoms with Crippen molar-refractivity contribution in [2.24, 2.45) is 10.7 Å². The lowest BCUT2D eigenvalue weighted by Gasteiger charge is -2.21. The zero-order valence-electron chi connectivity index (χ0n) is 14.6. The van der Waals surface area contributed by atoms with Gasteiger partial charge in [0, 0.05) is 25.4 Å². The molecule has 0 aliphatic carbocycles. The van der Waals surface area contributed by atoms with Gasteiger partial charge in [-0.25, -0.2) is 9.98 Å². The molecule has 1 fully saturated rings. The number of rotatable bonds is 5. The summed E-state index contributed by atoms with van der Waals surface area (Å²) in [7, 11) is 0. The van der Waals surface area contributed by atoms with Gasteiger partial charge in [0.25, 0.3) is 0 Å². The fourth-order valence-corrected chi connectivity index (χ4v) is 2.93. The van der Waals surface area contributed by atoms with Crippen molar-refractivity contribution < 1.29 is 4.74 Å². The van der Waals surface area contributed by atoms with E-state index < -0.39 is 0 Å². The van der Waals surface area contributed by atoms with Gasteiger partial charge >= 0.3 is 0 Å². The number of aliphatic imine (C=N–C) groups is 1. The minimum absolute atomic E-state index is 0.510. The predicted octanol–water partition coefficient (Wildman–Crippen LogP) is 3.35. The first kappa shape index (κ1) is 17.3. The smallest absolute Gasteiger partial charge is 0.213 e. The predicted molar refractivity (Wildman–Crippen MR) is 100 cm³/mol. The van der Waals surface area contributed by atoms with Crippen LogP contribution in [0, 0.1) is 0 Å². The van der Waals surface area contributed by atoms with Crippen molar-refractivity contribution in [2.75, 3.05) is 13.1 Å². The summed E-state index contributed by atoms with van der Waals surface area (Å²) in [5.74, 6) is 1.26. The average molecular weight is 338 g/mol. The van der Waals surface area contributed by atoms with Crippen LogP contribution in [0.1, 0.15) is 36.8 Å². The molecule has 0 amide bonds. The first-order valence-electron chi connectivity index (χ1n) is 8.98. The van der Waals surface area contributed by atoms with Gasteiger partial charge in [0.05, 0.1) is 6.54 Å². The topological polar surface area (TPSA) is 63.7 Å². The van der Waals surface area contributed by atoms with Crippen molar-refractivity contribution in [3.05, 3.63) is 59.8 Å². The molecule has 2 aromatic rings. The summed E-state index contributed by atoms with van der Waals surface area (Å²) in [6.45, 7) is 3.08. The summed E-state index contributed by atoms with van der Waals surface area (Å²) in [5, 5.41) is 0. The van der Waals surface area contributed by atoms with E-state index in [-0.39, 0.29) is 0 Å². The van der Waals surface area contributed by atoms with Gasteiger partial charge in [0.15, 0.2) is 5.96 Å². The highest BCUT2D eigenvalue weighted by atomic mass is 16.5. The number of nitrogens with two attached hydrogens (primary N) is 1. The second-order valence-corrected chi connectivity index (χ2v) is 6.35. The Balaban J connectivity index is 1.56. The van der Waals surface area contributed by atoms with Gasteiger partial charge in [-0.15, -0.1) is 0 Å². The molecule has 1 aromatic heterocycles. The number of likely N-dealkylation sites (tertiary alicyclic amines) is 1. The molecule has 25 heavy (non-hydrogen) atoms. The fraction of sp³-hybridized carbons (Fsp3) is 0.400. The molecule has 1 aliphatic rings. The molecule has 5 nitrogen and oxygen atoms in total. The normalized spacial score (nSPS) is 15.7. The lowest BCUT2D eigenvalue weighted by Crippen LogP contribution is -2.38. The standard InChI is InChI=1S/C20H26N4O/c21-20(24-12-6-1-2-7-13-24)23-15-18-10-11-22-19(14-18)25-16-17-8-4-3-5-9-17/h3-5,8-11,14H,1-2,6-7,12-13,15-16H2,(H2,21,23). The molecule has 1 saturated heterocycles. The summed E-state index contributed by atoms with van der Waals surface area (Å²) < 4.78 is 5.77. The first-order valence-corrected chi connectivity index (χ1v) is 8.98. The van der Waals surface area contributed by atoms with Crippen molar-refractivity contribution in [1.29, 1.82) is 0 Å². The van der Waals surface area contributed by atoms with Crippen LogP contribution in [0.25, 0.3) is 0 Å². The Morgan fingerprint density at radius 2 is 1.80 bits per heavy atom. The lowest BCUT2D eigenvalue weighted by atomic mass is 10.2. The van der Waals surface area contributed by atoms with E-state index in [1.807, 2.05) is 42.5 Å². The molecule has 1 aromatic carbocycles. The van der Waals surface area contributed by atoms with E-state index in [0.717, 1.165) is 24.2 Å². The number of ether oxygens (including phenoxy) is 1. The average Bonchev–Trinajstić information content (AvgIpc) is 2.95. The zero-order chi connectivity index (χ0) is 17.3. The van der Waals surface area contributed by atoms with Gasteiger partial charge in [-0.05, 0) is 30.0 Å². The summed E-state index contributed by atoms with van der Waals surface area (Å²) in [5.41, 5.74) is 8.34. The van der Waals surface area contributed by atoms with Gasteiger partial charge < -0.3 is 15.4 Å². The third kappa shape index (κ3) is 5.48. The van der Waals surface area contributed by atoms with Crippen molar-refractivity contribution in [2.45, 2.75) is 38.8 Å². The van der Waals surface area contributed by atoms with Gasteiger partial charge in [-0.3, -0.25) is 0 Å². The molecule has 0 saturated carbocycles. The maximum absolute atomic E-state index is 6.17. The highest BCUT2D eigenvalue weighted by Crippen LogP contribution is 2.13. The third-order valence-corrected chi connectivity index (χ3v) is 4.38. The van der Waals surface area contributed by atoms with Crippen LogP contribution in [0.2, 0.25) is 0 Å². The van der Waals surface area contributed by atoms with E-state index in [2.05, 4.69) is 14.9 Å². The Bertz CT molecular complexity index is 679. The van der Waals surface area contributed by atoms with E-state index in [1.54, 1.807) is 6.20 Å². The molecular weight excluding hydrogens is 312 g/mol. The van der Waals surface area contributed by atoms with Crippen molar-refractivity contribution in [1.82, 2.24) is 9.88 Å². The van der Waals surface area contributed by atoms with Gasteiger partial charge in [0.2, 0.25) is 5.88 Å². The van der Waals surface area contributed by atoms with E-state index >= 15 is 0 Å². The summed E-state index contributed by atoms with van der Waals surface area (Å²) >= 11 is 0. The van der Waals surface area contributed by atoms with E-state index in [0.29, 0.717) is 25.0 Å². The molecule has 0 spiro atoms. The number of hydrogen-bond donors (Lipinski definition) is 1.